The molecule has 0 radical (unpaired) electrons. The highest BCUT2D eigenvalue weighted by molar-refractivity contribution is 14.1. The normalized spacial score (nSPS) is 13.9. The van der Waals surface area contributed by atoms with E-state index in [1.165, 1.54) is 62.2 Å². The number of carbonyl (C=O) groups is 1. The first-order valence-corrected chi connectivity index (χ1v) is 13.4. The Bertz CT molecular complexity index is 477. The van der Waals surface area contributed by atoms with Gasteiger partial charge in [0.25, 0.3) is 0 Å². The van der Waals surface area contributed by atoms with E-state index in [1.54, 1.807) is 0 Å². The molecule has 0 bridgehead atoms. The van der Waals surface area contributed by atoms with E-state index >= 15 is 0 Å². The molecule has 0 fully saturated rings. The average Bonchev–Trinajstić information content (AvgIpc) is 2.71. The maximum Gasteiger partial charge on any atom is 0.303 e. The van der Waals surface area contributed by atoms with Crippen molar-refractivity contribution in [1.29, 1.82) is 0 Å². The molecule has 2 nitrogen and oxygen atoms in total. The number of allylic oxidation sites excluding steroid dienone is 8. The summed E-state index contributed by atoms with van der Waals surface area (Å²) in [5, 5.41) is 8.43. The van der Waals surface area contributed by atoms with Gasteiger partial charge in [0.15, 0.2) is 0 Å². The predicted molar refractivity (Wildman–Crippen MR) is 144 cm³/mol. The molecule has 0 aromatic carbocycles. The van der Waals surface area contributed by atoms with Crippen LogP contribution in [0, 0.1) is 11.8 Å². The van der Waals surface area contributed by atoms with Crippen molar-refractivity contribution in [3.8, 4) is 0 Å². The van der Waals surface area contributed by atoms with Crippen molar-refractivity contribution in [1.82, 2.24) is 0 Å². The third-order valence-electron chi connectivity index (χ3n) is 4.70. The fraction of sp³-hybridized carbons (Fsp3) is 0.667. The van der Waals surface area contributed by atoms with E-state index < -0.39 is 5.97 Å². The largest absolute Gasteiger partial charge is 0.481 e. The highest BCUT2D eigenvalue weighted by Gasteiger charge is 1.96. The first-order chi connectivity index (χ1) is 14.5. The van der Waals surface area contributed by atoms with E-state index in [-0.39, 0.29) is 6.42 Å². The maximum atomic E-state index is 10.2. The van der Waals surface area contributed by atoms with Crippen LogP contribution < -0.4 is 0 Å². The number of rotatable bonds is 17. The Morgan fingerprint density at radius 1 is 0.800 bits per heavy atom. The van der Waals surface area contributed by atoms with Crippen LogP contribution in [-0.4, -0.2) is 15.5 Å². The minimum atomic E-state index is -0.735. The molecule has 0 aliphatic rings. The SMILES string of the molecule is CCCCC[C@H](C)/C=C/C=C\CCC(=O)O.CCCCC[C@H](C)/C=C/C=C\CCI. The summed E-state index contributed by atoms with van der Waals surface area (Å²) in [7, 11) is 0. The summed E-state index contributed by atoms with van der Waals surface area (Å²) in [6.07, 6.45) is 29.6. The van der Waals surface area contributed by atoms with E-state index in [1.807, 2.05) is 18.2 Å². The van der Waals surface area contributed by atoms with E-state index in [2.05, 4.69) is 80.7 Å². The molecule has 2 atom stereocenters. The molecule has 174 valence electrons. The highest BCUT2D eigenvalue weighted by atomic mass is 127. The first-order valence-electron chi connectivity index (χ1n) is 11.9. The van der Waals surface area contributed by atoms with Crippen LogP contribution in [0.2, 0.25) is 0 Å². The Labute approximate surface area is 201 Å². The van der Waals surface area contributed by atoms with Crippen molar-refractivity contribution in [2.45, 2.75) is 98.3 Å². The topological polar surface area (TPSA) is 37.3 Å². The van der Waals surface area contributed by atoms with Crippen molar-refractivity contribution < 1.29 is 9.90 Å². The minimum Gasteiger partial charge on any atom is -0.481 e. The minimum absolute atomic E-state index is 0.219. The molecule has 0 aromatic heterocycles. The molecule has 0 amide bonds. The zero-order valence-electron chi connectivity index (χ0n) is 20.0. The Balaban J connectivity index is 0. The van der Waals surface area contributed by atoms with Crippen LogP contribution in [0.1, 0.15) is 98.3 Å². The molecule has 0 unspecified atom stereocenters. The van der Waals surface area contributed by atoms with Crippen molar-refractivity contribution in [3.05, 3.63) is 48.6 Å². The van der Waals surface area contributed by atoms with Gasteiger partial charge in [0.05, 0.1) is 0 Å². The lowest BCUT2D eigenvalue weighted by Gasteiger charge is -2.03. The number of aliphatic carboxylic acids is 1. The number of carboxylic acid groups (broad SMARTS) is 1. The van der Waals surface area contributed by atoms with E-state index in [4.69, 9.17) is 5.11 Å². The second kappa shape index (κ2) is 26.2. The molecule has 0 spiro atoms. The lowest BCUT2D eigenvalue weighted by atomic mass is 10.0. The van der Waals surface area contributed by atoms with Gasteiger partial charge < -0.3 is 5.11 Å². The van der Waals surface area contributed by atoms with Crippen LogP contribution in [-0.2, 0) is 4.79 Å². The van der Waals surface area contributed by atoms with Crippen LogP contribution in [0.25, 0.3) is 0 Å². The van der Waals surface area contributed by atoms with Gasteiger partial charge in [0, 0.05) is 10.8 Å². The number of hydrogen-bond donors (Lipinski definition) is 1. The second-order valence-corrected chi connectivity index (χ2v) is 9.06. The molecule has 0 saturated heterocycles. The monoisotopic (exact) mass is 530 g/mol. The summed E-state index contributed by atoms with van der Waals surface area (Å²) < 4.78 is 1.22. The quantitative estimate of drug-likeness (QED) is 0.0881. The summed E-state index contributed by atoms with van der Waals surface area (Å²) in [4.78, 5) is 10.2. The fourth-order valence-corrected chi connectivity index (χ4v) is 3.11. The van der Waals surface area contributed by atoms with E-state index in [0.717, 1.165) is 5.92 Å². The second-order valence-electron chi connectivity index (χ2n) is 7.98. The van der Waals surface area contributed by atoms with Crippen LogP contribution in [0.5, 0.6) is 0 Å². The first kappa shape index (κ1) is 31.3. The molecule has 0 rings (SSSR count). The summed E-state index contributed by atoms with van der Waals surface area (Å²) in [5.74, 6) is 0.628. The van der Waals surface area contributed by atoms with Crippen molar-refractivity contribution in [2.75, 3.05) is 4.43 Å². The van der Waals surface area contributed by atoms with Gasteiger partial charge in [-0.3, -0.25) is 4.79 Å². The number of carboxylic acids is 1. The summed E-state index contributed by atoms with van der Waals surface area (Å²) in [5.41, 5.74) is 0. The van der Waals surface area contributed by atoms with Gasteiger partial charge in [-0.2, -0.15) is 0 Å². The predicted octanol–water partition coefficient (Wildman–Crippen LogP) is 9.32. The molecular weight excluding hydrogens is 483 g/mol. The molecule has 30 heavy (non-hydrogen) atoms. The standard InChI is InChI=1S/C14H24O2.C13H23I/c1-3-4-7-10-13(2)11-8-5-6-9-12-14(15)16;1-3-4-7-10-13(2)11-8-5-6-9-12-14/h5-6,8,11,13H,3-4,7,9-10,12H2,1-2H3,(H,15,16);5-6,8,11,13H,3-4,7,9-10,12H2,1-2H3/b2*6-5-,11-8+/t2*13-/m00/s1. The molecule has 0 aromatic rings. The van der Waals surface area contributed by atoms with Gasteiger partial charge in [-0.05, 0) is 37.5 Å². The number of halogens is 1. The van der Waals surface area contributed by atoms with Crippen molar-refractivity contribution >= 4 is 28.6 Å². The average molecular weight is 531 g/mol. The van der Waals surface area contributed by atoms with Crippen LogP contribution in [0.4, 0.5) is 0 Å². The van der Waals surface area contributed by atoms with Gasteiger partial charge >= 0.3 is 5.97 Å². The Morgan fingerprint density at radius 3 is 1.67 bits per heavy atom. The van der Waals surface area contributed by atoms with Gasteiger partial charge in [-0.15, -0.1) is 0 Å². The van der Waals surface area contributed by atoms with E-state index in [9.17, 15) is 4.79 Å². The number of alkyl halides is 1. The number of hydrogen-bond acceptors (Lipinski definition) is 1. The lowest BCUT2D eigenvalue weighted by molar-refractivity contribution is -0.136. The molecular formula is C27H47IO2. The van der Waals surface area contributed by atoms with Gasteiger partial charge in [0.2, 0.25) is 0 Å². The van der Waals surface area contributed by atoms with Crippen molar-refractivity contribution in [2.24, 2.45) is 11.8 Å². The Morgan fingerprint density at radius 2 is 1.27 bits per heavy atom. The highest BCUT2D eigenvalue weighted by Crippen LogP contribution is 2.11. The summed E-state index contributed by atoms with van der Waals surface area (Å²) in [6, 6.07) is 0. The zero-order valence-corrected chi connectivity index (χ0v) is 22.1. The fourth-order valence-electron chi connectivity index (χ4n) is 2.75. The smallest absolute Gasteiger partial charge is 0.303 e. The third kappa shape index (κ3) is 29.4. The zero-order chi connectivity index (χ0) is 22.9. The lowest BCUT2D eigenvalue weighted by Crippen LogP contribution is -1.91. The van der Waals surface area contributed by atoms with Gasteiger partial charge in [0.1, 0.15) is 0 Å². The van der Waals surface area contributed by atoms with Gasteiger partial charge in [-0.1, -0.05) is 137 Å². The van der Waals surface area contributed by atoms with Crippen LogP contribution >= 0.6 is 22.6 Å². The van der Waals surface area contributed by atoms with Crippen LogP contribution in [0.3, 0.4) is 0 Å². The molecule has 0 aliphatic carbocycles. The number of unbranched alkanes of at least 4 members (excludes halogenated alkanes) is 4. The van der Waals surface area contributed by atoms with Crippen molar-refractivity contribution in [3.63, 3.8) is 0 Å². The molecule has 0 aliphatic heterocycles. The molecule has 0 heterocycles. The summed E-state index contributed by atoms with van der Waals surface area (Å²) in [6.45, 7) is 8.99. The molecule has 0 saturated carbocycles. The third-order valence-corrected chi connectivity index (χ3v) is 5.32. The Kier molecular flexibility index (Phi) is 27.4. The Hall–Kier alpha value is -0.840. The van der Waals surface area contributed by atoms with E-state index in [0.29, 0.717) is 12.3 Å². The summed E-state index contributed by atoms with van der Waals surface area (Å²) >= 11 is 2.40. The maximum absolute atomic E-state index is 10.2. The molecule has 3 heteroatoms. The van der Waals surface area contributed by atoms with Crippen LogP contribution in [0.15, 0.2) is 48.6 Å². The van der Waals surface area contributed by atoms with Gasteiger partial charge in [-0.25, -0.2) is 0 Å². The molecule has 1 N–H and O–H groups in total.